The first-order valence-corrected chi connectivity index (χ1v) is 10.7. The van der Waals surface area contributed by atoms with Crippen LogP contribution in [0.3, 0.4) is 0 Å². The van der Waals surface area contributed by atoms with Crippen LogP contribution in [0.4, 0.5) is 5.69 Å². The summed E-state index contributed by atoms with van der Waals surface area (Å²) in [6, 6.07) is 14.9. The lowest BCUT2D eigenvalue weighted by atomic mass is 10.1. The molecule has 1 aliphatic heterocycles. The molecule has 1 aliphatic rings. The molecule has 2 aromatic rings. The molecule has 0 radical (unpaired) electrons. The minimum absolute atomic E-state index is 0.0511. The number of sulfonamides is 1. The van der Waals surface area contributed by atoms with E-state index in [0.717, 1.165) is 22.4 Å². The van der Waals surface area contributed by atoms with Crippen LogP contribution in [0.5, 0.6) is 5.75 Å². The van der Waals surface area contributed by atoms with E-state index in [1.54, 1.807) is 7.11 Å². The maximum absolute atomic E-state index is 12.6. The molecule has 0 saturated heterocycles. The number of hydrogen-bond donors (Lipinski definition) is 1. The number of benzene rings is 2. The first-order valence-electron chi connectivity index (χ1n) is 9.10. The van der Waals surface area contributed by atoms with Crippen molar-refractivity contribution >= 4 is 27.2 Å². The molecule has 148 valence electrons. The number of nitrogens with zero attached hydrogens (tertiary/aromatic N) is 1. The fraction of sp³-hybridized carbons (Fsp3) is 0.286. The van der Waals surface area contributed by atoms with Crippen LogP contribution in [0.1, 0.15) is 18.1 Å². The summed E-state index contributed by atoms with van der Waals surface area (Å²) in [5, 5.41) is 2.66. The van der Waals surface area contributed by atoms with Gasteiger partial charge in [0.15, 0.2) is 0 Å². The lowest BCUT2D eigenvalue weighted by molar-refractivity contribution is -0.116. The Morgan fingerprint density at radius 2 is 1.89 bits per heavy atom. The summed E-state index contributed by atoms with van der Waals surface area (Å²) >= 11 is 0. The molecule has 1 N–H and O–H groups in total. The number of nitrogens with one attached hydrogen (secondary N) is 1. The topological polar surface area (TPSA) is 75.7 Å². The van der Waals surface area contributed by atoms with Gasteiger partial charge in [-0.15, -0.1) is 0 Å². The highest BCUT2D eigenvalue weighted by atomic mass is 32.2. The maximum Gasteiger partial charge on any atom is 0.244 e. The first kappa shape index (κ1) is 19.9. The second-order valence-corrected chi connectivity index (χ2v) is 8.60. The van der Waals surface area contributed by atoms with Crippen molar-refractivity contribution in [2.45, 2.75) is 13.3 Å². The van der Waals surface area contributed by atoms with Crippen LogP contribution in [0, 0.1) is 0 Å². The van der Waals surface area contributed by atoms with Gasteiger partial charge in [-0.25, -0.2) is 8.42 Å². The van der Waals surface area contributed by atoms with Crippen molar-refractivity contribution in [3.05, 3.63) is 65.7 Å². The maximum atomic E-state index is 12.6. The van der Waals surface area contributed by atoms with Gasteiger partial charge in [0.2, 0.25) is 15.9 Å². The van der Waals surface area contributed by atoms with Crippen LogP contribution < -0.4 is 14.4 Å². The van der Waals surface area contributed by atoms with E-state index < -0.39 is 10.0 Å². The number of amides is 1. The number of hydrogen-bond acceptors (Lipinski definition) is 4. The molecule has 0 atom stereocenters. The highest BCUT2D eigenvalue weighted by Crippen LogP contribution is 2.30. The number of fused-ring (bicyclic) bond motifs is 1. The van der Waals surface area contributed by atoms with Crippen molar-refractivity contribution in [3.63, 3.8) is 0 Å². The Morgan fingerprint density at radius 3 is 2.68 bits per heavy atom. The van der Waals surface area contributed by atoms with Crippen molar-refractivity contribution in [3.8, 4) is 5.75 Å². The zero-order valence-corrected chi connectivity index (χ0v) is 16.8. The summed E-state index contributed by atoms with van der Waals surface area (Å²) < 4.78 is 32.0. The Kier molecular flexibility index (Phi) is 6.04. The molecule has 0 aromatic heterocycles. The van der Waals surface area contributed by atoms with Crippen molar-refractivity contribution in [1.82, 2.24) is 5.32 Å². The van der Waals surface area contributed by atoms with E-state index in [4.69, 9.17) is 4.74 Å². The SMILES string of the molecule is COc1ccccc1C(C)=CC(=O)NCCS(=O)(=O)N1CCc2ccccc21. The molecule has 6 nitrogen and oxygen atoms in total. The van der Waals surface area contributed by atoms with Gasteiger partial charge in [-0.05, 0) is 36.6 Å². The summed E-state index contributed by atoms with van der Waals surface area (Å²) in [6.07, 6.45) is 2.16. The molecule has 0 unspecified atom stereocenters. The zero-order valence-electron chi connectivity index (χ0n) is 16.0. The molecule has 1 heterocycles. The molecule has 2 aromatic carbocycles. The summed E-state index contributed by atoms with van der Waals surface area (Å²) in [4.78, 5) is 12.2. The van der Waals surface area contributed by atoms with Gasteiger partial charge in [0, 0.05) is 24.7 Å². The number of allylic oxidation sites excluding steroid dienone is 1. The number of carbonyl (C=O) groups excluding carboxylic acids is 1. The van der Waals surface area contributed by atoms with Crippen LogP contribution >= 0.6 is 0 Å². The van der Waals surface area contributed by atoms with E-state index in [-0.39, 0.29) is 18.2 Å². The van der Waals surface area contributed by atoms with Gasteiger partial charge in [0.1, 0.15) is 5.75 Å². The number of para-hydroxylation sites is 2. The van der Waals surface area contributed by atoms with Crippen LogP contribution in [0.25, 0.3) is 5.57 Å². The Morgan fingerprint density at radius 1 is 1.18 bits per heavy atom. The molecule has 0 saturated carbocycles. The molecular formula is C21H24N2O4S. The average molecular weight is 401 g/mol. The standard InChI is InChI=1S/C21H24N2O4S/c1-16(18-8-4-6-10-20(18)27-2)15-21(24)22-12-14-28(25,26)23-13-11-17-7-3-5-9-19(17)23/h3-10,15H,11-14H2,1-2H3,(H,22,24). The number of rotatable bonds is 7. The molecule has 0 bridgehead atoms. The van der Waals surface area contributed by atoms with E-state index in [2.05, 4.69) is 5.32 Å². The van der Waals surface area contributed by atoms with Crippen LogP contribution in [-0.2, 0) is 21.2 Å². The highest BCUT2D eigenvalue weighted by molar-refractivity contribution is 7.92. The second-order valence-electron chi connectivity index (χ2n) is 6.59. The van der Waals surface area contributed by atoms with Gasteiger partial charge in [-0.2, -0.15) is 0 Å². The lowest BCUT2D eigenvalue weighted by Crippen LogP contribution is -2.36. The first-order chi connectivity index (χ1) is 13.4. The Labute approximate surface area is 165 Å². The Bertz CT molecular complexity index is 999. The summed E-state index contributed by atoms with van der Waals surface area (Å²) in [7, 11) is -1.91. The predicted molar refractivity (Wildman–Crippen MR) is 111 cm³/mol. The summed E-state index contributed by atoms with van der Waals surface area (Å²) in [5.41, 5.74) is 3.33. The lowest BCUT2D eigenvalue weighted by Gasteiger charge is -2.19. The number of methoxy groups -OCH3 is 1. The van der Waals surface area contributed by atoms with Crippen LogP contribution in [0.2, 0.25) is 0 Å². The summed E-state index contributed by atoms with van der Waals surface area (Å²) in [6.45, 7) is 2.31. The monoisotopic (exact) mass is 400 g/mol. The molecule has 28 heavy (non-hydrogen) atoms. The van der Waals surface area contributed by atoms with Gasteiger partial charge < -0.3 is 10.1 Å². The van der Waals surface area contributed by atoms with Gasteiger partial charge in [0.05, 0.1) is 18.6 Å². The third-order valence-electron chi connectivity index (χ3n) is 4.72. The minimum Gasteiger partial charge on any atom is -0.496 e. The molecule has 1 amide bonds. The second kappa shape index (κ2) is 8.48. The predicted octanol–water partition coefficient (Wildman–Crippen LogP) is 2.61. The van der Waals surface area contributed by atoms with Crippen molar-refractivity contribution in [1.29, 1.82) is 0 Å². The highest BCUT2D eigenvalue weighted by Gasteiger charge is 2.28. The minimum atomic E-state index is -3.48. The van der Waals surface area contributed by atoms with Crippen LogP contribution in [0.15, 0.2) is 54.6 Å². The normalized spacial score (nSPS) is 13.9. The fourth-order valence-electron chi connectivity index (χ4n) is 3.31. The third-order valence-corrected chi connectivity index (χ3v) is 6.49. The number of ether oxygens (including phenoxy) is 1. The Balaban J connectivity index is 1.59. The third kappa shape index (κ3) is 4.36. The van der Waals surface area contributed by atoms with Gasteiger partial charge in [-0.3, -0.25) is 9.10 Å². The van der Waals surface area contributed by atoms with Crippen molar-refractivity contribution in [2.24, 2.45) is 0 Å². The van der Waals surface area contributed by atoms with E-state index in [1.807, 2.05) is 55.5 Å². The largest absolute Gasteiger partial charge is 0.496 e. The van der Waals surface area contributed by atoms with E-state index >= 15 is 0 Å². The average Bonchev–Trinajstić information content (AvgIpc) is 3.12. The summed E-state index contributed by atoms with van der Waals surface area (Å²) in [5.74, 6) is 0.203. The van der Waals surface area contributed by atoms with Gasteiger partial charge in [0.25, 0.3) is 0 Å². The molecule has 0 spiro atoms. The number of anilines is 1. The van der Waals surface area contributed by atoms with E-state index in [9.17, 15) is 13.2 Å². The molecule has 3 rings (SSSR count). The molecule has 0 aliphatic carbocycles. The van der Waals surface area contributed by atoms with Gasteiger partial charge in [-0.1, -0.05) is 36.4 Å². The van der Waals surface area contributed by atoms with Crippen molar-refractivity contribution in [2.75, 3.05) is 30.3 Å². The van der Waals surface area contributed by atoms with Gasteiger partial charge >= 0.3 is 0 Å². The quantitative estimate of drug-likeness (QED) is 0.725. The zero-order chi connectivity index (χ0) is 20.1. The molecular weight excluding hydrogens is 376 g/mol. The van der Waals surface area contributed by atoms with Crippen molar-refractivity contribution < 1.29 is 17.9 Å². The smallest absolute Gasteiger partial charge is 0.244 e. The van der Waals surface area contributed by atoms with E-state index in [1.165, 1.54) is 10.4 Å². The Hall–Kier alpha value is -2.80. The number of carbonyl (C=O) groups is 1. The molecule has 7 heteroatoms. The van der Waals surface area contributed by atoms with Crippen LogP contribution in [-0.4, -0.2) is 40.3 Å². The fourth-order valence-corrected chi connectivity index (χ4v) is 4.73. The molecule has 0 fully saturated rings. The van der Waals surface area contributed by atoms with E-state index in [0.29, 0.717) is 18.7 Å².